The van der Waals surface area contributed by atoms with Crippen LogP contribution in [0.1, 0.15) is 46.5 Å². The number of hydrogen-bond acceptors (Lipinski definition) is 6. The Morgan fingerprint density at radius 1 is 1.02 bits per heavy atom. The molecule has 10 nitrogen and oxygen atoms in total. The number of aromatic amines is 1. The molecule has 1 aliphatic heterocycles. The highest BCUT2D eigenvalue weighted by Gasteiger charge is 2.21. The van der Waals surface area contributed by atoms with Gasteiger partial charge in [0.15, 0.2) is 0 Å². The van der Waals surface area contributed by atoms with E-state index in [4.69, 9.17) is 4.74 Å². The second-order valence-corrected chi connectivity index (χ2v) is 11.6. The third-order valence-electron chi connectivity index (χ3n) is 7.82. The molecule has 3 aromatic carbocycles. The number of nitrogens with zero attached hydrogens (tertiary/aromatic N) is 1. The number of aliphatic hydroxyl groups excluding tert-OH is 1. The van der Waals surface area contributed by atoms with Crippen LogP contribution in [-0.2, 0) is 11.2 Å². The van der Waals surface area contributed by atoms with Gasteiger partial charge in [0.1, 0.15) is 5.75 Å². The number of nitrogens with one attached hydrogen (secondary N) is 4. The van der Waals surface area contributed by atoms with Crippen molar-refractivity contribution in [3.63, 3.8) is 0 Å². The van der Waals surface area contributed by atoms with Crippen molar-refractivity contribution in [2.45, 2.75) is 38.8 Å². The Balaban J connectivity index is 1.24. The fraction of sp³-hybridized carbons (Fsp3) is 0.343. The second kappa shape index (κ2) is 14.9. The zero-order valence-corrected chi connectivity index (χ0v) is 25.8. The first kappa shape index (κ1) is 31.7. The maximum Gasteiger partial charge on any atom is 0.255 e. The van der Waals surface area contributed by atoms with Gasteiger partial charge in [0, 0.05) is 48.8 Å². The Bertz CT molecular complexity index is 1630. The minimum absolute atomic E-state index is 0.0380. The molecule has 1 atom stereocenters. The molecule has 3 amide bonds. The third kappa shape index (κ3) is 8.29. The van der Waals surface area contributed by atoms with E-state index in [2.05, 4.69) is 25.8 Å². The van der Waals surface area contributed by atoms with Crippen molar-refractivity contribution in [2.75, 3.05) is 39.3 Å². The monoisotopic (exact) mass is 611 g/mol. The number of fused-ring (bicyclic) bond motifs is 1. The first-order valence-electron chi connectivity index (χ1n) is 15.5. The Kier molecular flexibility index (Phi) is 10.5. The molecule has 0 bridgehead atoms. The molecular formula is C35H41N5O5. The number of aliphatic hydroxyl groups is 1. The summed E-state index contributed by atoms with van der Waals surface area (Å²) in [4.78, 5) is 43.2. The molecule has 0 aliphatic carbocycles. The average molecular weight is 612 g/mol. The van der Waals surface area contributed by atoms with Crippen molar-refractivity contribution >= 4 is 28.6 Å². The minimum atomic E-state index is -0.496. The molecule has 1 aliphatic rings. The molecule has 1 aromatic heterocycles. The largest absolute Gasteiger partial charge is 0.490 e. The molecule has 0 saturated carbocycles. The molecule has 1 fully saturated rings. The summed E-state index contributed by atoms with van der Waals surface area (Å²) < 4.78 is 5.97. The fourth-order valence-electron chi connectivity index (χ4n) is 5.54. The molecular weight excluding hydrogens is 570 g/mol. The van der Waals surface area contributed by atoms with Crippen LogP contribution in [-0.4, -0.2) is 84.2 Å². The average Bonchev–Trinajstić information content (AvgIpc) is 3.45. The molecule has 45 heavy (non-hydrogen) atoms. The lowest BCUT2D eigenvalue weighted by molar-refractivity contribution is -0.124. The highest BCUT2D eigenvalue weighted by atomic mass is 16.5. The van der Waals surface area contributed by atoms with Gasteiger partial charge in [-0.05, 0) is 73.7 Å². The van der Waals surface area contributed by atoms with Crippen LogP contribution >= 0.6 is 0 Å². The molecule has 0 unspecified atom stereocenters. The van der Waals surface area contributed by atoms with Gasteiger partial charge in [0.25, 0.3) is 11.8 Å². The predicted octanol–water partition coefficient (Wildman–Crippen LogP) is 3.51. The fourth-order valence-corrected chi connectivity index (χ4v) is 5.54. The van der Waals surface area contributed by atoms with Crippen LogP contribution in [0.3, 0.4) is 0 Å². The van der Waals surface area contributed by atoms with Gasteiger partial charge in [-0.3, -0.25) is 19.3 Å². The molecule has 5 rings (SSSR count). The van der Waals surface area contributed by atoms with Gasteiger partial charge in [-0.1, -0.05) is 36.4 Å². The number of rotatable bonds is 13. The van der Waals surface area contributed by atoms with E-state index in [-0.39, 0.29) is 30.4 Å². The first-order valence-corrected chi connectivity index (χ1v) is 15.5. The number of carbonyl (C=O) groups is 3. The van der Waals surface area contributed by atoms with Crippen LogP contribution in [0.2, 0.25) is 0 Å². The number of aromatic nitrogens is 1. The van der Waals surface area contributed by atoms with Crippen molar-refractivity contribution < 1.29 is 24.2 Å². The number of hydrogen-bond donors (Lipinski definition) is 5. The second-order valence-electron chi connectivity index (χ2n) is 11.6. The summed E-state index contributed by atoms with van der Waals surface area (Å²) in [5, 5.41) is 20.0. The molecule has 5 N–H and O–H groups in total. The lowest BCUT2D eigenvalue weighted by atomic mass is 10.00. The van der Waals surface area contributed by atoms with E-state index >= 15 is 0 Å². The standard InChI is InChI=1S/C35H41N5O5/c1-23(2)45-32-13-12-26(19-30(32)35(44)39-28(22-41)18-27-20-38-31-7-4-3-6-29(27)31)24-8-10-25(11-9-24)34(43)37-14-5-16-40-17-15-36-33(42)21-40/h3-4,6-13,19-20,23,28,38,41H,5,14-18,21-22H2,1-2H3,(H,36,42)(H,37,43)(H,39,44)/t28-/m1/s1. The summed E-state index contributed by atoms with van der Waals surface area (Å²) in [6.07, 6.45) is 2.99. The normalized spacial score (nSPS) is 14.3. The van der Waals surface area contributed by atoms with E-state index in [1.54, 1.807) is 24.3 Å². The number of para-hydroxylation sites is 1. The van der Waals surface area contributed by atoms with E-state index < -0.39 is 6.04 Å². The van der Waals surface area contributed by atoms with Crippen molar-refractivity contribution in [3.05, 3.63) is 89.6 Å². The van der Waals surface area contributed by atoms with Crippen LogP contribution in [0.25, 0.3) is 22.0 Å². The molecule has 0 radical (unpaired) electrons. The maximum absolute atomic E-state index is 13.6. The van der Waals surface area contributed by atoms with E-state index in [0.717, 1.165) is 47.1 Å². The summed E-state index contributed by atoms with van der Waals surface area (Å²) in [5.41, 5.74) is 4.56. The highest BCUT2D eigenvalue weighted by molar-refractivity contribution is 5.99. The van der Waals surface area contributed by atoms with Crippen molar-refractivity contribution in [3.8, 4) is 16.9 Å². The molecule has 2 heterocycles. The number of carbonyl (C=O) groups excluding carboxylic acids is 3. The number of benzene rings is 3. The summed E-state index contributed by atoms with van der Waals surface area (Å²) >= 11 is 0. The zero-order valence-electron chi connectivity index (χ0n) is 25.8. The van der Waals surface area contributed by atoms with Crippen molar-refractivity contribution in [1.82, 2.24) is 25.8 Å². The molecule has 236 valence electrons. The Labute approximate surface area is 263 Å². The Hall–Kier alpha value is -4.67. The van der Waals surface area contributed by atoms with Crippen molar-refractivity contribution in [1.29, 1.82) is 0 Å². The van der Waals surface area contributed by atoms with Crippen LogP contribution in [0.15, 0.2) is 72.9 Å². The molecule has 10 heteroatoms. The number of H-pyrrole nitrogens is 1. The SMILES string of the molecule is CC(C)Oc1ccc(-c2ccc(C(=O)NCCCN3CCNC(=O)C3)cc2)cc1C(=O)N[C@@H](CO)Cc1c[nH]c2ccccc12. The molecule has 4 aromatic rings. The number of ether oxygens (including phenoxy) is 1. The Morgan fingerprint density at radius 3 is 2.56 bits per heavy atom. The van der Waals surface area contributed by atoms with Crippen LogP contribution < -0.4 is 20.7 Å². The lowest BCUT2D eigenvalue weighted by Crippen LogP contribution is -2.48. The summed E-state index contributed by atoms with van der Waals surface area (Å²) in [7, 11) is 0. The molecule has 0 spiro atoms. The van der Waals surface area contributed by atoms with Gasteiger partial charge >= 0.3 is 0 Å². The van der Waals surface area contributed by atoms with E-state index in [0.29, 0.717) is 42.9 Å². The molecule has 1 saturated heterocycles. The lowest BCUT2D eigenvalue weighted by Gasteiger charge is -2.26. The highest BCUT2D eigenvalue weighted by Crippen LogP contribution is 2.28. The minimum Gasteiger partial charge on any atom is -0.490 e. The Morgan fingerprint density at radius 2 is 1.80 bits per heavy atom. The van der Waals surface area contributed by atoms with Gasteiger partial charge in [-0.25, -0.2) is 0 Å². The number of amides is 3. The van der Waals surface area contributed by atoms with E-state index in [9.17, 15) is 19.5 Å². The smallest absolute Gasteiger partial charge is 0.255 e. The zero-order chi connectivity index (χ0) is 31.8. The van der Waals surface area contributed by atoms with E-state index in [1.165, 1.54) is 0 Å². The topological polar surface area (TPSA) is 136 Å². The van der Waals surface area contributed by atoms with Crippen LogP contribution in [0, 0.1) is 0 Å². The summed E-state index contributed by atoms with van der Waals surface area (Å²) in [6.45, 7) is 6.73. The predicted molar refractivity (Wildman–Crippen MR) is 174 cm³/mol. The van der Waals surface area contributed by atoms with Crippen molar-refractivity contribution in [2.24, 2.45) is 0 Å². The van der Waals surface area contributed by atoms with Gasteiger partial charge in [-0.2, -0.15) is 0 Å². The number of piperazine rings is 1. The van der Waals surface area contributed by atoms with Gasteiger partial charge in [0.2, 0.25) is 5.91 Å². The van der Waals surface area contributed by atoms with Gasteiger partial charge in [0.05, 0.1) is 30.9 Å². The summed E-state index contributed by atoms with van der Waals surface area (Å²) in [5.74, 6) is -0.0104. The van der Waals surface area contributed by atoms with Crippen LogP contribution in [0.4, 0.5) is 0 Å². The first-order chi connectivity index (χ1) is 21.8. The van der Waals surface area contributed by atoms with Gasteiger partial charge in [-0.15, -0.1) is 0 Å². The van der Waals surface area contributed by atoms with E-state index in [1.807, 2.05) is 62.5 Å². The van der Waals surface area contributed by atoms with Crippen LogP contribution in [0.5, 0.6) is 5.75 Å². The van der Waals surface area contributed by atoms with Gasteiger partial charge < -0.3 is 30.8 Å². The quantitative estimate of drug-likeness (QED) is 0.147. The maximum atomic E-state index is 13.6. The summed E-state index contributed by atoms with van der Waals surface area (Å²) in [6, 6.07) is 20.1. The third-order valence-corrected chi connectivity index (χ3v) is 7.82.